The number of hydrogen-bond acceptors (Lipinski definition) is 7. The standard InChI is InChI=1S/C34H40ClN7O4S/c35-26-13-5-4-12-25(26)19-28-33(46)40(15-6-10-23-8-2-1-3-9-23)22-30(44)42(28)21-29(43)39-27(31(45)32-38-14-17-47-32)18-24-11-7-16-41(20-24)34(36)37/h1-5,8-9,12-14,17,24,27-28H,6-7,10-11,15-16,18-22H2,(H3,36,37)(H,39,43)/t24-,27-,28+/m0/s1. The highest BCUT2D eigenvalue weighted by Gasteiger charge is 2.41. The third kappa shape index (κ3) is 8.95. The third-order valence-corrected chi connectivity index (χ3v) is 9.92. The molecule has 0 spiro atoms. The first kappa shape index (κ1) is 34.1. The molecule has 11 nitrogen and oxygen atoms in total. The molecule has 248 valence electrons. The monoisotopic (exact) mass is 677 g/mol. The Bertz CT molecular complexity index is 1570. The summed E-state index contributed by atoms with van der Waals surface area (Å²) < 4.78 is 0. The van der Waals surface area contributed by atoms with Crippen LogP contribution in [-0.4, -0.2) is 94.0 Å². The Kier molecular flexibility index (Phi) is 11.6. The molecule has 4 N–H and O–H groups in total. The van der Waals surface area contributed by atoms with Crippen LogP contribution in [0.15, 0.2) is 66.2 Å². The topological polar surface area (TPSA) is 153 Å². The van der Waals surface area contributed by atoms with E-state index in [0.717, 1.165) is 24.8 Å². The normalized spacial score (nSPS) is 19.0. The van der Waals surface area contributed by atoms with Gasteiger partial charge in [0.1, 0.15) is 12.6 Å². The number of likely N-dealkylation sites (tertiary alicyclic amines) is 1. The van der Waals surface area contributed by atoms with Crippen LogP contribution in [0.4, 0.5) is 0 Å². The molecule has 47 heavy (non-hydrogen) atoms. The number of guanidine groups is 1. The summed E-state index contributed by atoms with van der Waals surface area (Å²) in [5, 5.41) is 13.2. The largest absolute Gasteiger partial charge is 0.370 e. The summed E-state index contributed by atoms with van der Waals surface area (Å²) in [5.74, 6) is -1.45. The van der Waals surface area contributed by atoms with Gasteiger partial charge in [-0.1, -0.05) is 60.1 Å². The van der Waals surface area contributed by atoms with E-state index in [9.17, 15) is 19.2 Å². The number of piperazine rings is 1. The molecule has 0 saturated carbocycles. The first-order valence-corrected chi connectivity index (χ1v) is 17.1. The van der Waals surface area contributed by atoms with Gasteiger partial charge in [-0.05, 0) is 55.2 Å². The zero-order valence-corrected chi connectivity index (χ0v) is 27.7. The van der Waals surface area contributed by atoms with E-state index in [1.54, 1.807) is 27.3 Å². The van der Waals surface area contributed by atoms with Gasteiger partial charge >= 0.3 is 0 Å². The second kappa shape index (κ2) is 16.0. The Hall–Kier alpha value is -4.29. The molecule has 0 aliphatic carbocycles. The number of piperidine rings is 1. The van der Waals surface area contributed by atoms with Crippen LogP contribution in [0, 0.1) is 11.3 Å². The number of nitrogens with zero attached hydrogens (tertiary/aromatic N) is 4. The molecule has 0 radical (unpaired) electrons. The van der Waals surface area contributed by atoms with Crippen LogP contribution in [0.2, 0.25) is 5.02 Å². The average Bonchev–Trinajstić information content (AvgIpc) is 3.61. The number of aromatic nitrogens is 1. The summed E-state index contributed by atoms with van der Waals surface area (Å²) in [5.41, 5.74) is 7.58. The minimum absolute atomic E-state index is 0.0115. The summed E-state index contributed by atoms with van der Waals surface area (Å²) in [6.07, 6.45) is 5.10. The number of aryl methyl sites for hydroxylation is 1. The van der Waals surface area contributed by atoms with Crippen LogP contribution < -0.4 is 11.1 Å². The van der Waals surface area contributed by atoms with Crippen molar-refractivity contribution in [2.75, 3.05) is 32.7 Å². The molecule has 2 saturated heterocycles. The zero-order chi connectivity index (χ0) is 33.3. The lowest BCUT2D eigenvalue weighted by Gasteiger charge is -2.40. The number of nitrogens with one attached hydrogen (secondary N) is 2. The molecular formula is C34H40ClN7O4S. The summed E-state index contributed by atoms with van der Waals surface area (Å²) in [6.45, 7) is 1.06. The molecule has 1 aromatic heterocycles. The lowest BCUT2D eigenvalue weighted by atomic mass is 9.90. The Labute approximate surface area is 283 Å². The number of amides is 3. The number of rotatable bonds is 13. The van der Waals surface area contributed by atoms with Crippen LogP contribution in [0.5, 0.6) is 0 Å². The highest BCUT2D eigenvalue weighted by atomic mass is 35.5. The lowest BCUT2D eigenvalue weighted by Crippen LogP contribution is -2.62. The molecule has 2 aromatic carbocycles. The van der Waals surface area contributed by atoms with E-state index in [0.29, 0.717) is 43.1 Å². The maximum atomic E-state index is 13.9. The molecule has 2 aliphatic rings. The van der Waals surface area contributed by atoms with Crippen molar-refractivity contribution in [3.05, 3.63) is 87.3 Å². The number of carbonyl (C=O) groups excluding carboxylic acids is 4. The van der Waals surface area contributed by atoms with E-state index in [2.05, 4.69) is 10.3 Å². The van der Waals surface area contributed by atoms with Gasteiger partial charge in [-0.2, -0.15) is 0 Å². The van der Waals surface area contributed by atoms with Gasteiger partial charge in [0.2, 0.25) is 23.5 Å². The highest BCUT2D eigenvalue weighted by molar-refractivity contribution is 7.11. The number of ketones is 1. The fraction of sp³-hybridized carbons (Fsp3) is 0.412. The molecule has 2 fully saturated rings. The van der Waals surface area contributed by atoms with Crippen molar-refractivity contribution in [2.24, 2.45) is 11.7 Å². The van der Waals surface area contributed by atoms with Crippen molar-refractivity contribution in [1.82, 2.24) is 25.0 Å². The number of benzene rings is 2. The first-order valence-electron chi connectivity index (χ1n) is 15.9. The van der Waals surface area contributed by atoms with E-state index in [4.69, 9.17) is 22.7 Å². The van der Waals surface area contributed by atoms with Crippen molar-refractivity contribution in [1.29, 1.82) is 5.41 Å². The lowest BCUT2D eigenvalue weighted by molar-refractivity contribution is -0.157. The molecule has 3 aromatic rings. The first-order chi connectivity index (χ1) is 22.7. The van der Waals surface area contributed by atoms with Gasteiger partial charge in [-0.3, -0.25) is 24.6 Å². The van der Waals surface area contributed by atoms with Crippen LogP contribution in [0.3, 0.4) is 0 Å². The second-order valence-electron chi connectivity index (χ2n) is 12.1. The minimum Gasteiger partial charge on any atom is -0.370 e. The molecule has 3 atom stereocenters. The van der Waals surface area contributed by atoms with Gasteiger partial charge in [0.15, 0.2) is 11.0 Å². The molecule has 3 heterocycles. The van der Waals surface area contributed by atoms with Crippen LogP contribution in [0.1, 0.15) is 46.6 Å². The van der Waals surface area contributed by atoms with E-state index >= 15 is 0 Å². The van der Waals surface area contributed by atoms with E-state index in [1.165, 1.54) is 22.4 Å². The number of thiazole rings is 1. The van der Waals surface area contributed by atoms with Crippen molar-refractivity contribution in [3.8, 4) is 0 Å². The fourth-order valence-corrected chi connectivity index (χ4v) is 7.20. The van der Waals surface area contributed by atoms with Gasteiger partial charge < -0.3 is 25.8 Å². The minimum atomic E-state index is -0.936. The Morgan fingerprint density at radius 2 is 1.89 bits per heavy atom. The van der Waals surface area contributed by atoms with Gasteiger partial charge in [0.25, 0.3) is 0 Å². The van der Waals surface area contributed by atoms with Crippen LogP contribution >= 0.6 is 22.9 Å². The summed E-state index contributed by atoms with van der Waals surface area (Å²) in [4.78, 5) is 63.5. The number of Topliss-reactive ketones (excluding diaryl/α,β-unsaturated/α-hetero) is 1. The van der Waals surface area contributed by atoms with E-state index < -0.39 is 18.0 Å². The molecule has 2 aliphatic heterocycles. The molecule has 13 heteroatoms. The zero-order valence-electron chi connectivity index (χ0n) is 26.1. The Morgan fingerprint density at radius 1 is 1.13 bits per heavy atom. The van der Waals surface area contributed by atoms with Crippen molar-refractivity contribution < 1.29 is 19.2 Å². The van der Waals surface area contributed by atoms with Crippen molar-refractivity contribution >= 4 is 52.4 Å². The van der Waals surface area contributed by atoms with Crippen LogP contribution in [0.25, 0.3) is 0 Å². The summed E-state index contributed by atoms with van der Waals surface area (Å²) in [6, 6.07) is 15.3. The highest BCUT2D eigenvalue weighted by Crippen LogP contribution is 2.25. The van der Waals surface area contributed by atoms with E-state index in [-0.39, 0.29) is 54.0 Å². The number of nitrogens with two attached hydrogens (primary N) is 1. The molecule has 5 rings (SSSR count). The van der Waals surface area contributed by atoms with Gasteiger partial charge in [0.05, 0.1) is 12.6 Å². The fourth-order valence-electron chi connectivity index (χ4n) is 6.36. The molecular weight excluding hydrogens is 638 g/mol. The molecule has 0 bridgehead atoms. The maximum Gasteiger partial charge on any atom is 0.246 e. The Morgan fingerprint density at radius 3 is 2.62 bits per heavy atom. The average molecular weight is 678 g/mol. The third-order valence-electron chi connectivity index (χ3n) is 8.76. The SMILES string of the molecule is N=C(N)N1CCC[C@@H](C[C@H](NC(=O)CN2C(=O)CN(CCCc3ccccc3)C(=O)[C@H]2Cc2ccccc2Cl)C(=O)c2nccs2)C1. The second-order valence-corrected chi connectivity index (χ2v) is 13.4. The quantitative estimate of drug-likeness (QED) is 0.142. The maximum absolute atomic E-state index is 13.9. The molecule has 3 amide bonds. The van der Waals surface area contributed by atoms with Crippen LogP contribution in [-0.2, 0) is 27.2 Å². The molecule has 0 unspecified atom stereocenters. The van der Waals surface area contributed by atoms with Gasteiger partial charge in [-0.15, -0.1) is 11.3 Å². The van der Waals surface area contributed by atoms with Crippen molar-refractivity contribution in [2.45, 2.75) is 50.6 Å². The van der Waals surface area contributed by atoms with Crippen molar-refractivity contribution in [3.63, 3.8) is 0 Å². The summed E-state index contributed by atoms with van der Waals surface area (Å²) in [7, 11) is 0. The number of halogens is 1. The predicted octanol–water partition coefficient (Wildman–Crippen LogP) is 3.37. The van der Waals surface area contributed by atoms with Gasteiger partial charge in [0, 0.05) is 42.7 Å². The smallest absolute Gasteiger partial charge is 0.246 e. The Balaban J connectivity index is 1.31. The van der Waals surface area contributed by atoms with E-state index in [1.807, 2.05) is 42.5 Å². The predicted molar refractivity (Wildman–Crippen MR) is 181 cm³/mol. The number of hydrogen-bond donors (Lipinski definition) is 3. The van der Waals surface area contributed by atoms with Gasteiger partial charge in [-0.25, -0.2) is 4.98 Å². The number of carbonyl (C=O) groups is 4. The summed E-state index contributed by atoms with van der Waals surface area (Å²) >= 11 is 7.66.